The Bertz CT molecular complexity index is 1010. The van der Waals surface area contributed by atoms with Gasteiger partial charge in [-0.3, -0.25) is 9.69 Å². The zero-order valence-corrected chi connectivity index (χ0v) is 18.8. The van der Waals surface area contributed by atoms with Crippen LogP contribution in [0.25, 0.3) is 5.69 Å². The largest absolute Gasteiger partial charge is 0.497 e. The second kappa shape index (κ2) is 10.3. The minimum atomic E-state index is -0.334. The molecular weight excluding hydrogens is 418 g/mol. The molecule has 8 heteroatoms. The summed E-state index contributed by atoms with van der Waals surface area (Å²) in [7, 11) is 4.58. The van der Waals surface area contributed by atoms with E-state index < -0.39 is 0 Å². The Labute approximate surface area is 187 Å². The lowest BCUT2D eigenvalue weighted by molar-refractivity contribution is -0.142. The van der Waals surface area contributed by atoms with Crippen LogP contribution in [0.1, 0.15) is 16.8 Å². The molecule has 3 aromatic rings. The Hall–Kier alpha value is -3.03. The van der Waals surface area contributed by atoms with Crippen LogP contribution >= 0.6 is 11.6 Å². The molecule has 164 valence electrons. The van der Waals surface area contributed by atoms with Crippen molar-refractivity contribution < 1.29 is 19.0 Å². The van der Waals surface area contributed by atoms with Crippen LogP contribution in [0, 0.1) is 6.92 Å². The van der Waals surface area contributed by atoms with Crippen LogP contribution in [0.4, 0.5) is 0 Å². The first-order chi connectivity index (χ1) is 14.9. The number of carbonyl (C=O) groups excluding carboxylic acids is 1. The second-order valence-electron chi connectivity index (χ2n) is 7.04. The third-order valence-corrected chi connectivity index (χ3v) is 5.29. The highest BCUT2D eigenvalue weighted by Gasteiger charge is 2.20. The minimum absolute atomic E-state index is 0.0995. The molecule has 0 aliphatic carbocycles. The van der Waals surface area contributed by atoms with Crippen LogP contribution in [0.3, 0.4) is 0 Å². The molecule has 7 nitrogen and oxygen atoms in total. The average molecular weight is 444 g/mol. The lowest BCUT2D eigenvalue weighted by Gasteiger charge is -2.22. The van der Waals surface area contributed by atoms with Crippen molar-refractivity contribution in [3.05, 3.63) is 70.5 Å². The quantitative estimate of drug-likeness (QED) is 0.465. The standard InChI is InChI=1S/C23H26ClN3O4/c1-16-21(23(24)27(25-16)18-8-6-5-7-9-18)14-26(15-22(28)31-4)13-17-10-19(29-2)12-20(11-17)30-3/h5-12H,13-15H2,1-4H3. The van der Waals surface area contributed by atoms with E-state index in [0.29, 0.717) is 29.7 Å². The summed E-state index contributed by atoms with van der Waals surface area (Å²) in [6, 6.07) is 15.3. The molecule has 3 rings (SSSR count). The lowest BCUT2D eigenvalue weighted by atomic mass is 10.1. The van der Waals surface area contributed by atoms with E-state index in [-0.39, 0.29) is 12.5 Å². The van der Waals surface area contributed by atoms with Gasteiger partial charge in [-0.1, -0.05) is 29.8 Å². The molecule has 0 atom stereocenters. The van der Waals surface area contributed by atoms with Crippen molar-refractivity contribution in [2.45, 2.75) is 20.0 Å². The number of nitrogens with zero attached hydrogens (tertiary/aromatic N) is 3. The molecule has 0 amide bonds. The first-order valence-electron chi connectivity index (χ1n) is 9.75. The predicted octanol–water partition coefficient (Wildman–Crippen LogP) is 4.03. The molecule has 0 aliphatic rings. The number of aryl methyl sites for hydroxylation is 1. The average Bonchev–Trinajstić information content (AvgIpc) is 3.07. The fourth-order valence-corrected chi connectivity index (χ4v) is 3.64. The number of hydrogen-bond acceptors (Lipinski definition) is 6. The monoisotopic (exact) mass is 443 g/mol. The van der Waals surface area contributed by atoms with Crippen LogP contribution in [-0.4, -0.2) is 48.5 Å². The smallest absolute Gasteiger partial charge is 0.319 e. The number of esters is 1. The predicted molar refractivity (Wildman–Crippen MR) is 119 cm³/mol. The van der Waals surface area contributed by atoms with Crippen molar-refractivity contribution in [1.82, 2.24) is 14.7 Å². The number of para-hydroxylation sites is 1. The Balaban J connectivity index is 1.90. The maximum atomic E-state index is 12.1. The molecule has 1 heterocycles. The molecule has 0 bridgehead atoms. The summed E-state index contributed by atoms with van der Waals surface area (Å²) >= 11 is 6.69. The molecule has 0 aliphatic heterocycles. The summed E-state index contributed by atoms with van der Waals surface area (Å²) in [5, 5.41) is 5.11. The highest BCUT2D eigenvalue weighted by Crippen LogP contribution is 2.27. The minimum Gasteiger partial charge on any atom is -0.497 e. The second-order valence-corrected chi connectivity index (χ2v) is 7.40. The van der Waals surface area contributed by atoms with E-state index in [0.717, 1.165) is 22.5 Å². The van der Waals surface area contributed by atoms with Crippen molar-refractivity contribution in [2.24, 2.45) is 0 Å². The third-order valence-electron chi connectivity index (χ3n) is 4.90. The van der Waals surface area contributed by atoms with Gasteiger partial charge in [0.05, 0.1) is 39.3 Å². The number of carbonyl (C=O) groups is 1. The number of hydrogen-bond donors (Lipinski definition) is 0. The van der Waals surface area contributed by atoms with Gasteiger partial charge in [0.2, 0.25) is 0 Å². The van der Waals surface area contributed by atoms with Gasteiger partial charge in [0, 0.05) is 24.7 Å². The Morgan fingerprint density at radius 3 is 2.26 bits per heavy atom. The summed E-state index contributed by atoms with van der Waals surface area (Å²) in [4.78, 5) is 14.0. The first kappa shape index (κ1) is 22.7. The van der Waals surface area contributed by atoms with E-state index in [9.17, 15) is 4.79 Å². The zero-order valence-electron chi connectivity index (χ0n) is 18.1. The molecule has 0 radical (unpaired) electrons. The fourth-order valence-electron chi connectivity index (χ4n) is 3.31. The highest BCUT2D eigenvalue weighted by molar-refractivity contribution is 6.30. The molecule has 0 N–H and O–H groups in total. The van der Waals surface area contributed by atoms with E-state index in [1.165, 1.54) is 7.11 Å². The molecule has 0 saturated carbocycles. The molecule has 0 spiro atoms. The normalized spacial score (nSPS) is 10.9. The third kappa shape index (κ3) is 5.57. The van der Waals surface area contributed by atoms with Gasteiger partial charge in [0.1, 0.15) is 16.7 Å². The van der Waals surface area contributed by atoms with Crippen LogP contribution in [0.5, 0.6) is 11.5 Å². The molecule has 31 heavy (non-hydrogen) atoms. The van der Waals surface area contributed by atoms with Crippen LogP contribution < -0.4 is 9.47 Å². The number of halogens is 1. The molecule has 0 unspecified atom stereocenters. The summed E-state index contributed by atoms with van der Waals surface area (Å²) in [5.41, 5.74) is 3.46. The van der Waals surface area contributed by atoms with Gasteiger partial charge in [-0.2, -0.15) is 5.10 Å². The SMILES string of the molecule is COC(=O)CN(Cc1cc(OC)cc(OC)c1)Cc1c(C)nn(-c2ccccc2)c1Cl. The van der Waals surface area contributed by atoms with Gasteiger partial charge in [0.15, 0.2) is 0 Å². The number of rotatable bonds is 9. The van der Waals surface area contributed by atoms with Crippen molar-refractivity contribution in [3.63, 3.8) is 0 Å². The maximum Gasteiger partial charge on any atom is 0.319 e. The van der Waals surface area contributed by atoms with Gasteiger partial charge in [-0.25, -0.2) is 4.68 Å². The van der Waals surface area contributed by atoms with E-state index in [4.69, 9.17) is 25.8 Å². The first-order valence-corrected chi connectivity index (χ1v) is 10.1. The summed E-state index contributed by atoms with van der Waals surface area (Å²) in [5.74, 6) is 1.02. The van der Waals surface area contributed by atoms with Gasteiger partial charge in [-0.05, 0) is 36.8 Å². The zero-order chi connectivity index (χ0) is 22.4. The van der Waals surface area contributed by atoms with E-state index in [2.05, 4.69) is 5.10 Å². The van der Waals surface area contributed by atoms with Crippen LogP contribution in [0.2, 0.25) is 5.15 Å². The molecular formula is C23H26ClN3O4. The highest BCUT2D eigenvalue weighted by atomic mass is 35.5. The Kier molecular flexibility index (Phi) is 7.55. The summed E-state index contributed by atoms with van der Waals surface area (Å²) < 4.78 is 17.3. The van der Waals surface area contributed by atoms with Gasteiger partial charge >= 0.3 is 5.97 Å². The van der Waals surface area contributed by atoms with Crippen molar-refractivity contribution in [2.75, 3.05) is 27.9 Å². The number of aromatic nitrogens is 2. The van der Waals surface area contributed by atoms with Crippen LogP contribution in [0.15, 0.2) is 48.5 Å². The molecule has 2 aromatic carbocycles. The van der Waals surface area contributed by atoms with Crippen molar-refractivity contribution in [1.29, 1.82) is 0 Å². The summed E-state index contributed by atoms with van der Waals surface area (Å²) in [6.07, 6.45) is 0. The number of benzene rings is 2. The van der Waals surface area contributed by atoms with Gasteiger partial charge in [0.25, 0.3) is 0 Å². The number of methoxy groups -OCH3 is 3. The van der Waals surface area contributed by atoms with Gasteiger partial charge < -0.3 is 14.2 Å². The van der Waals surface area contributed by atoms with Gasteiger partial charge in [-0.15, -0.1) is 0 Å². The number of ether oxygens (including phenoxy) is 3. The molecule has 1 aromatic heterocycles. The summed E-state index contributed by atoms with van der Waals surface area (Å²) in [6.45, 7) is 2.90. The fraction of sp³-hybridized carbons (Fsp3) is 0.304. The topological polar surface area (TPSA) is 65.8 Å². The lowest BCUT2D eigenvalue weighted by Crippen LogP contribution is -2.30. The Morgan fingerprint density at radius 2 is 1.68 bits per heavy atom. The Morgan fingerprint density at radius 1 is 1.03 bits per heavy atom. The maximum absolute atomic E-state index is 12.1. The van der Waals surface area contributed by atoms with E-state index in [1.54, 1.807) is 25.0 Å². The van der Waals surface area contributed by atoms with Crippen molar-refractivity contribution >= 4 is 17.6 Å². The van der Waals surface area contributed by atoms with E-state index in [1.807, 2.05) is 54.3 Å². The molecule has 0 fully saturated rings. The molecule has 0 saturated heterocycles. The van der Waals surface area contributed by atoms with Crippen molar-refractivity contribution in [3.8, 4) is 17.2 Å². The van der Waals surface area contributed by atoms with Crippen LogP contribution in [-0.2, 0) is 22.6 Å². The van der Waals surface area contributed by atoms with E-state index >= 15 is 0 Å².